The van der Waals surface area contributed by atoms with E-state index in [0.717, 1.165) is 5.56 Å². The summed E-state index contributed by atoms with van der Waals surface area (Å²) in [5.74, 6) is -0.323. The Morgan fingerprint density at radius 2 is 2.13 bits per heavy atom. The Morgan fingerprint density at radius 3 is 2.80 bits per heavy atom. The van der Waals surface area contributed by atoms with E-state index in [1.54, 1.807) is 6.20 Å². The van der Waals surface area contributed by atoms with Crippen LogP contribution >= 0.6 is 0 Å². The van der Waals surface area contributed by atoms with Crippen molar-refractivity contribution in [2.24, 2.45) is 0 Å². The average Bonchev–Trinajstić information content (AvgIpc) is 2.71. The summed E-state index contributed by atoms with van der Waals surface area (Å²) in [6, 6.07) is 9.66. The fourth-order valence-corrected chi connectivity index (χ4v) is 1.21. The van der Waals surface area contributed by atoms with Gasteiger partial charge in [-0.3, -0.25) is 4.79 Å². The number of imidazole rings is 1. The number of benzene rings is 1. The Balaban J connectivity index is 1.94. The highest BCUT2D eigenvalue weighted by molar-refractivity contribution is 5.74. The molecular weight excluding hydrogens is 192 g/mol. The fraction of sp³-hybridized carbons (Fsp3) is 0.0909. The van der Waals surface area contributed by atoms with Gasteiger partial charge in [0.2, 0.25) is 0 Å². The van der Waals surface area contributed by atoms with Gasteiger partial charge in [-0.05, 0) is 5.56 Å². The second-order valence-electron chi connectivity index (χ2n) is 3.03. The molecule has 4 heteroatoms. The molecule has 15 heavy (non-hydrogen) atoms. The summed E-state index contributed by atoms with van der Waals surface area (Å²) in [5.41, 5.74) is 0.925. The second kappa shape index (κ2) is 4.41. The molecule has 4 nitrogen and oxygen atoms in total. The minimum Gasteiger partial charge on any atom is -0.392 e. The third kappa shape index (κ3) is 2.67. The van der Waals surface area contributed by atoms with Crippen LogP contribution in [0, 0.1) is 0 Å². The Kier molecular flexibility index (Phi) is 2.78. The molecule has 0 aliphatic rings. The quantitative estimate of drug-likeness (QED) is 0.768. The van der Waals surface area contributed by atoms with Crippen molar-refractivity contribution in [3.05, 3.63) is 48.3 Å². The van der Waals surface area contributed by atoms with Gasteiger partial charge < -0.3 is 9.72 Å². The SMILES string of the molecule is O=C(Cc1ccccc1)Oc1ncc[nH]1. The summed E-state index contributed by atoms with van der Waals surface area (Å²) >= 11 is 0. The molecule has 1 aromatic heterocycles. The Bertz CT molecular complexity index is 423. The first-order valence-corrected chi connectivity index (χ1v) is 4.58. The standard InChI is InChI=1S/C11H10N2O2/c14-10(15-11-12-6-7-13-11)8-9-4-2-1-3-5-9/h1-7H,8H2,(H,12,13). The molecule has 1 aromatic carbocycles. The number of hydrogen-bond acceptors (Lipinski definition) is 3. The van der Waals surface area contributed by atoms with Gasteiger partial charge >= 0.3 is 12.0 Å². The number of hydrogen-bond donors (Lipinski definition) is 1. The number of aromatic nitrogens is 2. The van der Waals surface area contributed by atoms with Crippen molar-refractivity contribution in [1.29, 1.82) is 0 Å². The van der Waals surface area contributed by atoms with Crippen LogP contribution in [0.4, 0.5) is 0 Å². The van der Waals surface area contributed by atoms with Crippen LogP contribution in [0.15, 0.2) is 42.7 Å². The van der Waals surface area contributed by atoms with Crippen LogP contribution in [0.1, 0.15) is 5.56 Å². The summed E-state index contributed by atoms with van der Waals surface area (Å²) in [5, 5.41) is 0. The number of carbonyl (C=O) groups is 1. The van der Waals surface area contributed by atoms with Gasteiger partial charge in [-0.15, -0.1) is 0 Å². The van der Waals surface area contributed by atoms with Gasteiger partial charge in [0.15, 0.2) is 0 Å². The molecule has 2 aromatic rings. The fourth-order valence-electron chi connectivity index (χ4n) is 1.21. The number of H-pyrrole nitrogens is 1. The van der Waals surface area contributed by atoms with Crippen molar-refractivity contribution in [3.8, 4) is 6.01 Å². The number of ether oxygens (including phenoxy) is 1. The third-order valence-electron chi connectivity index (χ3n) is 1.87. The van der Waals surface area contributed by atoms with Gasteiger partial charge in [-0.1, -0.05) is 30.3 Å². The van der Waals surface area contributed by atoms with Crippen molar-refractivity contribution in [1.82, 2.24) is 9.97 Å². The summed E-state index contributed by atoms with van der Waals surface area (Å²) in [6.45, 7) is 0. The lowest BCUT2D eigenvalue weighted by Gasteiger charge is -2.00. The molecule has 0 aliphatic heterocycles. The zero-order valence-electron chi connectivity index (χ0n) is 8.01. The smallest absolute Gasteiger partial charge is 0.318 e. The molecule has 0 spiro atoms. The third-order valence-corrected chi connectivity index (χ3v) is 1.87. The Labute approximate surface area is 86.9 Å². The van der Waals surface area contributed by atoms with Crippen molar-refractivity contribution in [2.75, 3.05) is 0 Å². The predicted molar refractivity (Wildman–Crippen MR) is 54.4 cm³/mol. The summed E-state index contributed by atoms with van der Waals surface area (Å²) in [6.07, 6.45) is 3.39. The average molecular weight is 202 g/mol. The number of esters is 1. The van der Waals surface area contributed by atoms with E-state index in [1.807, 2.05) is 30.3 Å². The van der Waals surface area contributed by atoms with Crippen molar-refractivity contribution in [2.45, 2.75) is 6.42 Å². The van der Waals surface area contributed by atoms with Crippen LogP contribution in [0.25, 0.3) is 0 Å². The van der Waals surface area contributed by atoms with Gasteiger partial charge in [0, 0.05) is 12.4 Å². The molecular formula is C11H10N2O2. The number of rotatable bonds is 3. The van der Waals surface area contributed by atoms with Gasteiger partial charge in [0.25, 0.3) is 0 Å². The highest BCUT2D eigenvalue weighted by Crippen LogP contribution is 2.04. The van der Waals surface area contributed by atoms with Crippen LogP contribution in [0.3, 0.4) is 0 Å². The van der Waals surface area contributed by atoms with E-state index >= 15 is 0 Å². The number of nitrogens with zero attached hydrogens (tertiary/aromatic N) is 1. The molecule has 76 valence electrons. The van der Waals surface area contributed by atoms with Crippen LogP contribution < -0.4 is 4.74 Å². The van der Waals surface area contributed by atoms with Crippen molar-refractivity contribution < 1.29 is 9.53 Å². The molecule has 0 radical (unpaired) electrons. The molecule has 2 rings (SSSR count). The summed E-state index contributed by atoms with van der Waals surface area (Å²) in [7, 11) is 0. The molecule has 0 saturated carbocycles. The van der Waals surface area contributed by atoms with E-state index in [-0.39, 0.29) is 18.4 Å². The molecule has 1 N–H and O–H groups in total. The maximum atomic E-state index is 11.4. The van der Waals surface area contributed by atoms with E-state index in [9.17, 15) is 4.79 Å². The predicted octanol–water partition coefficient (Wildman–Crippen LogP) is 1.56. The second-order valence-corrected chi connectivity index (χ2v) is 3.03. The first-order chi connectivity index (χ1) is 7.34. The Hall–Kier alpha value is -2.10. The van der Waals surface area contributed by atoms with Crippen molar-refractivity contribution >= 4 is 5.97 Å². The number of aromatic amines is 1. The van der Waals surface area contributed by atoms with Gasteiger partial charge in [-0.2, -0.15) is 0 Å². The van der Waals surface area contributed by atoms with Crippen molar-refractivity contribution in [3.63, 3.8) is 0 Å². The highest BCUT2D eigenvalue weighted by atomic mass is 16.5. The molecule has 0 unspecified atom stereocenters. The number of carbonyl (C=O) groups excluding carboxylic acids is 1. The van der Waals surface area contributed by atoms with E-state index in [0.29, 0.717) is 0 Å². The van der Waals surface area contributed by atoms with Gasteiger partial charge in [0.05, 0.1) is 6.42 Å². The minimum atomic E-state index is -0.323. The lowest BCUT2D eigenvalue weighted by Crippen LogP contribution is -2.11. The monoisotopic (exact) mass is 202 g/mol. The lowest BCUT2D eigenvalue weighted by molar-refractivity contribution is -0.134. The molecule has 0 saturated heterocycles. The molecule has 0 amide bonds. The van der Waals surface area contributed by atoms with Crippen LogP contribution in [0.5, 0.6) is 6.01 Å². The van der Waals surface area contributed by atoms with E-state index in [2.05, 4.69) is 9.97 Å². The van der Waals surface area contributed by atoms with Gasteiger partial charge in [-0.25, -0.2) is 4.98 Å². The summed E-state index contributed by atoms with van der Waals surface area (Å²) < 4.78 is 4.95. The van der Waals surface area contributed by atoms with Crippen LogP contribution in [-0.2, 0) is 11.2 Å². The van der Waals surface area contributed by atoms with Crippen LogP contribution in [0.2, 0.25) is 0 Å². The maximum Gasteiger partial charge on any atom is 0.318 e. The van der Waals surface area contributed by atoms with E-state index < -0.39 is 0 Å². The molecule has 0 aliphatic carbocycles. The molecule has 0 fully saturated rings. The largest absolute Gasteiger partial charge is 0.392 e. The maximum absolute atomic E-state index is 11.4. The van der Waals surface area contributed by atoms with Crippen LogP contribution in [-0.4, -0.2) is 15.9 Å². The number of nitrogens with one attached hydrogen (secondary N) is 1. The minimum absolute atomic E-state index is 0.232. The lowest BCUT2D eigenvalue weighted by atomic mass is 10.2. The normalized spacial score (nSPS) is 9.87. The molecule has 1 heterocycles. The zero-order valence-corrected chi connectivity index (χ0v) is 8.01. The Morgan fingerprint density at radius 1 is 1.33 bits per heavy atom. The topological polar surface area (TPSA) is 55.0 Å². The zero-order chi connectivity index (χ0) is 10.5. The first kappa shape index (κ1) is 9.45. The van der Waals surface area contributed by atoms with E-state index in [1.165, 1.54) is 6.20 Å². The first-order valence-electron chi connectivity index (χ1n) is 4.58. The van der Waals surface area contributed by atoms with E-state index in [4.69, 9.17) is 4.74 Å². The highest BCUT2D eigenvalue weighted by Gasteiger charge is 2.06. The molecule has 0 bridgehead atoms. The molecule has 0 atom stereocenters. The van der Waals surface area contributed by atoms with Gasteiger partial charge in [0.1, 0.15) is 0 Å². The summed E-state index contributed by atoms with van der Waals surface area (Å²) in [4.78, 5) is 17.9.